The number of rotatable bonds is 11. The quantitative estimate of drug-likeness (QED) is 0.268. The van der Waals surface area contributed by atoms with E-state index in [0.29, 0.717) is 37.6 Å². The van der Waals surface area contributed by atoms with Crippen LogP contribution >= 0.6 is 0 Å². The minimum Gasteiger partial charge on any atom is -0.497 e. The predicted molar refractivity (Wildman–Crippen MR) is 152 cm³/mol. The van der Waals surface area contributed by atoms with Crippen molar-refractivity contribution in [1.29, 1.82) is 0 Å². The average molecular weight is 540 g/mol. The van der Waals surface area contributed by atoms with Gasteiger partial charge in [-0.3, -0.25) is 14.7 Å². The molecule has 0 spiro atoms. The van der Waals surface area contributed by atoms with Crippen LogP contribution in [0, 0.1) is 13.8 Å². The van der Waals surface area contributed by atoms with E-state index in [1.54, 1.807) is 25.1 Å². The number of hydrogen-bond donors (Lipinski definition) is 1. The number of aromatic nitrogens is 6. The van der Waals surface area contributed by atoms with Gasteiger partial charge in [-0.05, 0) is 70.8 Å². The number of benzene rings is 2. The van der Waals surface area contributed by atoms with Crippen molar-refractivity contribution in [2.75, 3.05) is 20.8 Å². The standard InChI is InChI=1S/C30H33N7O3/c1-20-7-8-21(2)27-25(20)16-26(30(38)32-27)28(29-33-34-35-37(29)14-15-39-3)36(19-23-6-5-13-31-17-23)18-22-9-11-24(40-4)12-10-22/h5-13,16-17,28H,14-15,18-19H2,1-4H3,(H,32,38)/t28-/m1/s1. The van der Waals surface area contributed by atoms with Gasteiger partial charge >= 0.3 is 0 Å². The number of fused-ring (bicyclic) bond motifs is 1. The SMILES string of the molecule is COCCn1nnnc1[C@@H](c1cc2c(C)ccc(C)c2[nH]c1=O)N(Cc1ccc(OC)cc1)Cc1cccnc1. The highest BCUT2D eigenvalue weighted by atomic mass is 16.5. The molecule has 10 nitrogen and oxygen atoms in total. The van der Waals surface area contributed by atoms with Crippen LogP contribution in [0.4, 0.5) is 0 Å². The van der Waals surface area contributed by atoms with E-state index in [-0.39, 0.29) is 5.56 Å². The molecule has 206 valence electrons. The Balaban J connectivity index is 1.70. The van der Waals surface area contributed by atoms with Crippen LogP contribution in [0.25, 0.3) is 10.9 Å². The minimum absolute atomic E-state index is 0.182. The van der Waals surface area contributed by atoms with Crippen LogP contribution in [0.15, 0.2) is 71.8 Å². The van der Waals surface area contributed by atoms with Crippen LogP contribution in [0.2, 0.25) is 0 Å². The Labute approximate surface area is 232 Å². The maximum atomic E-state index is 13.8. The lowest BCUT2D eigenvalue weighted by atomic mass is 9.98. The summed E-state index contributed by atoms with van der Waals surface area (Å²) >= 11 is 0. The number of tetrazole rings is 1. The van der Waals surface area contributed by atoms with Gasteiger partial charge in [0.25, 0.3) is 5.56 Å². The summed E-state index contributed by atoms with van der Waals surface area (Å²) in [4.78, 5) is 23.5. The molecule has 3 aromatic heterocycles. The molecule has 10 heteroatoms. The molecule has 40 heavy (non-hydrogen) atoms. The molecule has 0 radical (unpaired) electrons. The molecular weight excluding hydrogens is 506 g/mol. The number of aryl methyl sites for hydroxylation is 2. The molecule has 1 N–H and O–H groups in total. The molecular formula is C30H33N7O3. The van der Waals surface area contributed by atoms with E-state index in [2.05, 4.69) is 36.5 Å². The normalized spacial score (nSPS) is 12.2. The molecule has 0 aliphatic heterocycles. The molecule has 0 fully saturated rings. The first-order valence-electron chi connectivity index (χ1n) is 13.1. The molecule has 0 saturated heterocycles. The summed E-state index contributed by atoms with van der Waals surface area (Å²) in [5, 5.41) is 13.7. The molecule has 0 amide bonds. The van der Waals surface area contributed by atoms with Crippen molar-refractivity contribution in [3.8, 4) is 5.75 Å². The van der Waals surface area contributed by atoms with Crippen LogP contribution < -0.4 is 10.3 Å². The number of hydrogen-bond acceptors (Lipinski definition) is 8. The molecule has 0 aliphatic rings. The zero-order valence-electron chi connectivity index (χ0n) is 23.2. The van der Waals surface area contributed by atoms with Gasteiger partial charge in [0.1, 0.15) is 11.8 Å². The topological polar surface area (TPSA) is 111 Å². The summed E-state index contributed by atoms with van der Waals surface area (Å²) in [6.45, 7) is 5.95. The highest BCUT2D eigenvalue weighted by molar-refractivity contribution is 5.85. The molecule has 5 rings (SSSR count). The Morgan fingerprint density at radius 2 is 1.77 bits per heavy atom. The fraction of sp³-hybridized carbons (Fsp3) is 0.300. The van der Waals surface area contributed by atoms with Gasteiger partial charge in [-0.25, -0.2) is 4.68 Å². The van der Waals surface area contributed by atoms with Crippen molar-refractivity contribution in [1.82, 2.24) is 35.1 Å². The van der Waals surface area contributed by atoms with E-state index in [1.165, 1.54) is 0 Å². The van der Waals surface area contributed by atoms with Gasteiger partial charge in [-0.15, -0.1) is 5.10 Å². The van der Waals surface area contributed by atoms with Gasteiger partial charge < -0.3 is 14.5 Å². The molecule has 5 aromatic rings. The first kappa shape index (κ1) is 27.2. The van der Waals surface area contributed by atoms with Gasteiger partial charge in [0.2, 0.25) is 0 Å². The van der Waals surface area contributed by atoms with Crippen molar-refractivity contribution >= 4 is 10.9 Å². The van der Waals surface area contributed by atoms with Gasteiger partial charge in [0, 0.05) is 43.5 Å². The molecule has 0 unspecified atom stereocenters. The van der Waals surface area contributed by atoms with E-state index in [9.17, 15) is 4.79 Å². The summed E-state index contributed by atoms with van der Waals surface area (Å²) in [5.74, 6) is 1.34. The lowest BCUT2D eigenvalue weighted by molar-refractivity contribution is 0.169. The van der Waals surface area contributed by atoms with Crippen LogP contribution in [0.1, 0.15) is 39.7 Å². The van der Waals surface area contributed by atoms with Gasteiger partial charge in [0.15, 0.2) is 5.82 Å². The molecule has 1 atom stereocenters. The first-order chi connectivity index (χ1) is 19.5. The highest BCUT2D eigenvalue weighted by Crippen LogP contribution is 2.31. The smallest absolute Gasteiger partial charge is 0.253 e. The Bertz CT molecular complexity index is 1630. The van der Waals surface area contributed by atoms with Crippen LogP contribution in [-0.4, -0.2) is 55.9 Å². The number of nitrogens with zero attached hydrogens (tertiary/aromatic N) is 6. The van der Waals surface area contributed by atoms with Crippen LogP contribution in [0.5, 0.6) is 5.75 Å². The maximum absolute atomic E-state index is 13.8. The molecule has 3 heterocycles. The van der Waals surface area contributed by atoms with Gasteiger partial charge in [0.05, 0.1) is 25.8 Å². The molecule has 2 aromatic carbocycles. The zero-order valence-corrected chi connectivity index (χ0v) is 23.2. The third-order valence-electron chi connectivity index (χ3n) is 7.10. The zero-order chi connectivity index (χ0) is 28.1. The average Bonchev–Trinajstić information content (AvgIpc) is 3.43. The number of H-pyrrole nitrogens is 1. The fourth-order valence-corrected chi connectivity index (χ4v) is 4.97. The second-order valence-corrected chi connectivity index (χ2v) is 9.81. The summed E-state index contributed by atoms with van der Waals surface area (Å²) in [6.07, 6.45) is 3.59. The van der Waals surface area contributed by atoms with Gasteiger partial charge in [-0.1, -0.05) is 30.3 Å². The third-order valence-corrected chi connectivity index (χ3v) is 7.10. The van der Waals surface area contributed by atoms with E-state index in [1.807, 2.05) is 68.6 Å². The molecule has 0 bridgehead atoms. The number of ether oxygens (including phenoxy) is 2. The first-order valence-corrected chi connectivity index (χ1v) is 13.1. The summed E-state index contributed by atoms with van der Waals surface area (Å²) in [5.41, 5.74) is 5.35. The number of methoxy groups -OCH3 is 2. The Morgan fingerprint density at radius 3 is 2.50 bits per heavy atom. The number of pyridine rings is 2. The second-order valence-electron chi connectivity index (χ2n) is 9.81. The Hall–Kier alpha value is -4.41. The maximum Gasteiger partial charge on any atom is 0.253 e. The molecule has 0 aliphatic carbocycles. The van der Waals surface area contributed by atoms with Crippen molar-refractivity contribution < 1.29 is 9.47 Å². The number of nitrogens with one attached hydrogen (secondary N) is 1. The summed E-state index contributed by atoms with van der Waals surface area (Å²) in [7, 11) is 3.29. The minimum atomic E-state index is -0.567. The molecule has 0 saturated carbocycles. The Kier molecular flexibility index (Phi) is 8.28. The second kappa shape index (κ2) is 12.2. The highest BCUT2D eigenvalue weighted by Gasteiger charge is 2.31. The van der Waals surface area contributed by atoms with Crippen molar-refractivity contribution in [2.45, 2.75) is 39.5 Å². The van der Waals surface area contributed by atoms with E-state index >= 15 is 0 Å². The van der Waals surface area contributed by atoms with E-state index in [0.717, 1.165) is 38.9 Å². The van der Waals surface area contributed by atoms with Crippen molar-refractivity contribution in [3.63, 3.8) is 0 Å². The lowest BCUT2D eigenvalue weighted by Crippen LogP contribution is -2.35. The van der Waals surface area contributed by atoms with Crippen molar-refractivity contribution in [2.24, 2.45) is 0 Å². The predicted octanol–water partition coefficient (Wildman–Crippen LogP) is 3.97. The summed E-state index contributed by atoms with van der Waals surface area (Å²) in [6, 6.07) is 17.4. The lowest BCUT2D eigenvalue weighted by Gasteiger charge is -2.31. The van der Waals surface area contributed by atoms with E-state index in [4.69, 9.17) is 9.47 Å². The number of aromatic amines is 1. The van der Waals surface area contributed by atoms with E-state index < -0.39 is 6.04 Å². The largest absolute Gasteiger partial charge is 0.497 e. The third kappa shape index (κ3) is 5.78. The van der Waals surface area contributed by atoms with Crippen LogP contribution in [0.3, 0.4) is 0 Å². The fourth-order valence-electron chi connectivity index (χ4n) is 4.97. The van der Waals surface area contributed by atoms with Crippen LogP contribution in [-0.2, 0) is 24.4 Å². The summed E-state index contributed by atoms with van der Waals surface area (Å²) < 4.78 is 12.4. The Morgan fingerprint density at radius 1 is 1.00 bits per heavy atom. The van der Waals surface area contributed by atoms with Crippen molar-refractivity contribution in [3.05, 3.63) is 111 Å². The monoisotopic (exact) mass is 539 g/mol. The van der Waals surface area contributed by atoms with Gasteiger partial charge in [-0.2, -0.15) is 0 Å².